The fourth-order valence-electron chi connectivity index (χ4n) is 5.76. The number of carbonyl (C=O) groups is 1. The van der Waals surface area contributed by atoms with Crippen LogP contribution in [0.25, 0.3) is 0 Å². The van der Waals surface area contributed by atoms with E-state index in [1.54, 1.807) is 48.1 Å². The van der Waals surface area contributed by atoms with E-state index in [4.69, 9.17) is 15.0 Å². The molecule has 0 bridgehead atoms. The zero-order valence-electron chi connectivity index (χ0n) is 27.0. The van der Waals surface area contributed by atoms with Gasteiger partial charge in [-0.15, -0.1) is 0 Å². The molecule has 0 saturated heterocycles. The van der Waals surface area contributed by atoms with E-state index in [1.165, 1.54) is 16.7 Å². The van der Waals surface area contributed by atoms with Crippen molar-refractivity contribution in [2.45, 2.75) is 135 Å². The molecule has 0 aromatic heterocycles. The molecular formula is C37H52O3S. The van der Waals surface area contributed by atoms with Gasteiger partial charge in [0.1, 0.15) is 10.9 Å². The second-order valence-corrected chi connectivity index (χ2v) is 12.3. The first-order valence-corrected chi connectivity index (χ1v) is 17.0. The van der Waals surface area contributed by atoms with Gasteiger partial charge in [-0.05, 0) is 74.5 Å². The second-order valence-electron chi connectivity index (χ2n) is 10.5. The van der Waals surface area contributed by atoms with Gasteiger partial charge in [0.05, 0.1) is 0 Å². The average molecular weight is 577 g/mol. The monoisotopic (exact) mass is 576 g/mol. The first-order valence-electron chi connectivity index (χ1n) is 15.8. The normalized spacial score (nSPS) is 11.0. The predicted octanol–water partition coefficient (Wildman–Crippen LogP) is 8.73. The molecule has 0 radical (unpaired) electrons. The minimum absolute atomic E-state index is 0.114. The van der Waals surface area contributed by atoms with Crippen LogP contribution in [0.3, 0.4) is 0 Å². The average Bonchev–Trinajstić information content (AvgIpc) is 2.99. The smallest absolute Gasteiger partial charge is 0.249 e. The van der Waals surface area contributed by atoms with Gasteiger partial charge in [-0.1, -0.05) is 98.7 Å². The van der Waals surface area contributed by atoms with Crippen molar-refractivity contribution < 1.29 is 15.0 Å². The molecule has 3 aromatic carbocycles. The summed E-state index contributed by atoms with van der Waals surface area (Å²) < 4.78 is 0. The highest BCUT2D eigenvalue weighted by Gasteiger charge is 2.40. The molecule has 1 N–H and O–H groups in total. The molecule has 3 aromatic rings. The SMILES string of the molecule is CCc1cc(CC)c([S+](c2c(CC)cc(CC)cc2CC)c2c(CC)cc(CC)cc2CC)c(CC)c1.O=C([O-])O. The Balaban J connectivity index is 0.00000138. The van der Waals surface area contributed by atoms with Crippen molar-refractivity contribution in [3.63, 3.8) is 0 Å². The third-order valence-electron chi connectivity index (χ3n) is 8.03. The van der Waals surface area contributed by atoms with Crippen LogP contribution in [0.4, 0.5) is 4.79 Å². The number of benzene rings is 3. The molecule has 0 amide bonds. The summed E-state index contributed by atoms with van der Waals surface area (Å²) in [5, 5.41) is 15.3. The maximum absolute atomic E-state index is 8.44. The minimum Gasteiger partial charge on any atom is -0.565 e. The highest BCUT2D eigenvalue weighted by Crippen LogP contribution is 2.44. The van der Waals surface area contributed by atoms with E-state index >= 15 is 0 Å². The van der Waals surface area contributed by atoms with Crippen molar-refractivity contribution in [2.75, 3.05) is 0 Å². The van der Waals surface area contributed by atoms with Crippen LogP contribution in [0.5, 0.6) is 0 Å². The molecule has 0 fully saturated rings. The molecule has 41 heavy (non-hydrogen) atoms. The van der Waals surface area contributed by atoms with Crippen LogP contribution >= 0.6 is 0 Å². The van der Waals surface area contributed by atoms with Crippen molar-refractivity contribution in [1.29, 1.82) is 0 Å². The van der Waals surface area contributed by atoms with Gasteiger partial charge in [0, 0.05) is 33.4 Å². The zero-order chi connectivity index (χ0) is 30.7. The Labute approximate surface area is 252 Å². The summed E-state index contributed by atoms with van der Waals surface area (Å²) in [5.74, 6) is 0. The highest BCUT2D eigenvalue weighted by molar-refractivity contribution is 7.97. The Hall–Kier alpha value is -2.72. The quantitative estimate of drug-likeness (QED) is 0.219. The number of hydrogen-bond donors (Lipinski definition) is 1. The lowest BCUT2D eigenvalue weighted by molar-refractivity contribution is -0.275. The van der Waals surface area contributed by atoms with Crippen LogP contribution in [-0.4, -0.2) is 11.3 Å². The first-order chi connectivity index (χ1) is 19.7. The summed E-state index contributed by atoms with van der Waals surface area (Å²) in [6, 6.07) is 15.2. The van der Waals surface area contributed by atoms with E-state index in [0.717, 1.165) is 57.8 Å². The van der Waals surface area contributed by atoms with Gasteiger partial charge in [-0.2, -0.15) is 0 Å². The Morgan fingerprint density at radius 3 is 0.780 bits per heavy atom. The molecule has 0 aliphatic rings. The van der Waals surface area contributed by atoms with E-state index in [2.05, 4.69) is 98.7 Å². The van der Waals surface area contributed by atoms with E-state index in [0.29, 0.717) is 0 Å². The van der Waals surface area contributed by atoms with E-state index < -0.39 is 6.16 Å². The second kappa shape index (κ2) is 16.7. The van der Waals surface area contributed by atoms with Gasteiger partial charge >= 0.3 is 0 Å². The maximum Gasteiger partial charge on any atom is 0.249 e. The fraction of sp³-hybridized carbons (Fsp3) is 0.486. The summed E-state index contributed by atoms with van der Waals surface area (Å²) in [5.41, 5.74) is 13.8. The number of hydrogen-bond acceptors (Lipinski definition) is 2. The Bertz CT molecular complexity index is 1080. The molecule has 3 nitrogen and oxygen atoms in total. The Morgan fingerprint density at radius 1 is 0.488 bits per heavy atom. The van der Waals surface area contributed by atoms with Crippen LogP contribution < -0.4 is 5.11 Å². The molecule has 0 heterocycles. The van der Waals surface area contributed by atoms with Crippen molar-refractivity contribution in [1.82, 2.24) is 0 Å². The van der Waals surface area contributed by atoms with Crippen LogP contribution in [0.1, 0.15) is 112 Å². The third kappa shape index (κ3) is 8.19. The Morgan fingerprint density at radius 2 is 0.659 bits per heavy atom. The Kier molecular flexibility index (Phi) is 14.0. The summed E-state index contributed by atoms with van der Waals surface area (Å²) >= 11 is 0. The molecule has 3 rings (SSSR count). The zero-order valence-corrected chi connectivity index (χ0v) is 27.8. The van der Waals surface area contributed by atoms with Gasteiger partial charge in [-0.25, -0.2) is 0 Å². The standard InChI is InChI=1S/C36H51S.CH2O3/c1-10-25-19-28(13-4)34(29(14-5)20-25)37(35-30(15-6)21-26(11-2)22-31(35)16-7)36-32(17-8)23-27(12-3)24-33(36)18-9;2-1(3)4/h19-24H,10-18H2,1-9H3;(H2,2,3,4)/q+1;/p-1. The maximum atomic E-state index is 8.44. The van der Waals surface area contributed by atoms with Crippen LogP contribution in [-0.2, 0) is 68.7 Å². The molecular weight excluding hydrogens is 524 g/mol. The molecule has 4 heteroatoms. The lowest BCUT2D eigenvalue weighted by Gasteiger charge is -2.24. The van der Waals surface area contributed by atoms with E-state index in [9.17, 15) is 0 Å². The van der Waals surface area contributed by atoms with Gasteiger partial charge < -0.3 is 15.0 Å². The number of carboxylic acid groups (broad SMARTS) is 2. The number of aryl methyl sites for hydroxylation is 9. The van der Waals surface area contributed by atoms with Crippen molar-refractivity contribution in [3.05, 3.63) is 86.5 Å². The summed E-state index contributed by atoms with van der Waals surface area (Å²) in [6.07, 6.45) is 7.76. The molecule has 0 spiro atoms. The largest absolute Gasteiger partial charge is 0.565 e. The first kappa shape index (κ1) is 34.5. The molecule has 0 saturated carbocycles. The molecule has 0 unspecified atom stereocenters. The van der Waals surface area contributed by atoms with Gasteiger partial charge in [0.2, 0.25) is 6.16 Å². The van der Waals surface area contributed by atoms with Crippen LogP contribution in [0.15, 0.2) is 51.1 Å². The topological polar surface area (TPSA) is 60.4 Å². The summed E-state index contributed by atoms with van der Waals surface area (Å²) in [7, 11) is -0.114. The van der Waals surface area contributed by atoms with Crippen LogP contribution in [0.2, 0.25) is 0 Å². The van der Waals surface area contributed by atoms with Crippen molar-refractivity contribution >= 4 is 17.1 Å². The third-order valence-corrected chi connectivity index (χ3v) is 10.8. The van der Waals surface area contributed by atoms with Crippen molar-refractivity contribution in [3.8, 4) is 0 Å². The highest BCUT2D eigenvalue weighted by atomic mass is 32.2. The summed E-state index contributed by atoms with van der Waals surface area (Å²) in [6.45, 7) is 21.1. The van der Waals surface area contributed by atoms with E-state index in [-0.39, 0.29) is 10.9 Å². The molecule has 224 valence electrons. The van der Waals surface area contributed by atoms with E-state index in [1.807, 2.05) is 0 Å². The van der Waals surface area contributed by atoms with Crippen LogP contribution in [0, 0.1) is 0 Å². The summed E-state index contributed by atoms with van der Waals surface area (Å²) in [4.78, 5) is 13.3. The van der Waals surface area contributed by atoms with Gasteiger partial charge in [0.15, 0.2) is 14.7 Å². The molecule has 0 atom stereocenters. The minimum atomic E-state index is -2.08. The lowest BCUT2D eigenvalue weighted by Crippen LogP contribution is -2.19. The lowest BCUT2D eigenvalue weighted by atomic mass is 10.00. The van der Waals surface area contributed by atoms with Gasteiger partial charge in [-0.3, -0.25) is 0 Å². The molecule has 0 aliphatic carbocycles. The predicted molar refractivity (Wildman–Crippen MR) is 174 cm³/mol. The van der Waals surface area contributed by atoms with Gasteiger partial charge in [0.25, 0.3) is 0 Å². The van der Waals surface area contributed by atoms with Crippen molar-refractivity contribution in [2.24, 2.45) is 0 Å². The molecule has 0 aliphatic heterocycles. The fourth-order valence-corrected chi connectivity index (χ4v) is 9.17. The number of rotatable bonds is 12.